The largest absolute Gasteiger partial charge is 0.455 e. The molecule has 1 aromatic heterocycles. The van der Waals surface area contributed by atoms with E-state index in [4.69, 9.17) is 10.2 Å². The smallest absolute Gasteiger partial charge is 0.144 e. The molecule has 0 atom stereocenters. The third kappa shape index (κ3) is 4.77. The third-order valence-corrected chi connectivity index (χ3v) is 8.70. The van der Waals surface area contributed by atoms with Crippen LogP contribution in [0.2, 0.25) is 0 Å². The van der Waals surface area contributed by atoms with Gasteiger partial charge in [-0.2, -0.15) is 0 Å². The fourth-order valence-electron chi connectivity index (χ4n) is 6.65. The number of rotatable bonds is 3. The summed E-state index contributed by atoms with van der Waals surface area (Å²) in [4.78, 5) is 0. The topological polar surface area (TPSA) is 39.2 Å². The highest BCUT2D eigenvalue weighted by molar-refractivity contribution is 6.34. The Balaban J connectivity index is 0.000000194. The molecule has 0 aliphatic heterocycles. The van der Waals surface area contributed by atoms with Gasteiger partial charge in [0, 0.05) is 27.4 Å². The average Bonchev–Trinajstić information content (AvgIpc) is 3.49. The molecular formula is C43H31NO. The first-order valence-electron chi connectivity index (χ1n) is 15.4. The van der Waals surface area contributed by atoms with Gasteiger partial charge in [0.2, 0.25) is 0 Å². The number of benzene rings is 8. The van der Waals surface area contributed by atoms with Crippen LogP contribution in [0.1, 0.15) is 11.1 Å². The second-order valence-corrected chi connectivity index (χ2v) is 11.5. The van der Waals surface area contributed by atoms with Crippen molar-refractivity contribution in [2.45, 2.75) is 6.42 Å². The first kappa shape index (κ1) is 26.7. The molecule has 9 aromatic rings. The first-order chi connectivity index (χ1) is 22.3. The zero-order chi connectivity index (χ0) is 30.2. The second kappa shape index (κ2) is 11.3. The number of para-hydroxylation sites is 2. The van der Waals surface area contributed by atoms with Crippen molar-refractivity contribution >= 4 is 59.9 Å². The molecular weight excluding hydrogens is 546 g/mol. The van der Waals surface area contributed by atoms with Gasteiger partial charge >= 0.3 is 0 Å². The molecule has 2 heteroatoms. The summed E-state index contributed by atoms with van der Waals surface area (Å²) >= 11 is 0. The van der Waals surface area contributed by atoms with Gasteiger partial charge in [0.15, 0.2) is 0 Å². The predicted octanol–water partition coefficient (Wildman–Crippen LogP) is 11.6. The van der Waals surface area contributed by atoms with E-state index < -0.39 is 0 Å². The summed E-state index contributed by atoms with van der Waals surface area (Å²) in [7, 11) is 0. The Bertz CT molecular complexity index is 2420. The number of fused-ring (bicyclic) bond motifs is 10. The minimum Gasteiger partial charge on any atom is -0.455 e. The van der Waals surface area contributed by atoms with Gasteiger partial charge in [-0.3, -0.25) is 0 Å². The highest BCUT2D eigenvalue weighted by Crippen LogP contribution is 2.46. The Morgan fingerprint density at radius 3 is 1.53 bits per heavy atom. The van der Waals surface area contributed by atoms with E-state index in [9.17, 15) is 0 Å². The van der Waals surface area contributed by atoms with E-state index in [1.54, 1.807) is 0 Å². The van der Waals surface area contributed by atoms with Crippen molar-refractivity contribution in [3.8, 4) is 11.1 Å². The van der Waals surface area contributed by atoms with Crippen molar-refractivity contribution < 1.29 is 4.42 Å². The lowest BCUT2D eigenvalue weighted by Crippen LogP contribution is -1.91. The highest BCUT2D eigenvalue weighted by atomic mass is 16.3. The lowest BCUT2D eigenvalue weighted by molar-refractivity contribution is 0.673. The normalized spacial score (nSPS) is 11.3. The number of hydrogen-bond acceptors (Lipinski definition) is 2. The van der Waals surface area contributed by atoms with Crippen molar-refractivity contribution in [3.05, 3.63) is 175 Å². The fraction of sp³-hybridized carbons (Fsp3) is 0.0233. The van der Waals surface area contributed by atoms with Crippen LogP contribution in [0.5, 0.6) is 0 Å². The minimum atomic E-state index is 0.767. The van der Waals surface area contributed by atoms with Crippen LogP contribution in [0.3, 0.4) is 0 Å². The summed E-state index contributed by atoms with van der Waals surface area (Å²) < 4.78 is 6.58. The van der Waals surface area contributed by atoms with Crippen molar-refractivity contribution in [2.75, 3.05) is 5.73 Å². The van der Waals surface area contributed by atoms with Crippen LogP contribution in [-0.4, -0.2) is 0 Å². The summed E-state index contributed by atoms with van der Waals surface area (Å²) in [5, 5.41) is 9.48. The number of nitrogens with two attached hydrogens (primary N) is 1. The van der Waals surface area contributed by atoms with Crippen LogP contribution >= 0.6 is 0 Å². The zero-order valence-electron chi connectivity index (χ0n) is 24.8. The molecule has 0 saturated heterocycles. The van der Waals surface area contributed by atoms with Crippen LogP contribution in [0.15, 0.2) is 168 Å². The molecule has 0 aliphatic rings. The van der Waals surface area contributed by atoms with E-state index in [1.165, 1.54) is 38.1 Å². The molecule has 0 amide bonds. The van der Waals surface area contributed by atoms with Gasteiger partial charge in [-0.1, -0.05) is 146 Å². The van der Waals surface area contributed by atoms with Crippen LogP contribution in [0, 0.1) is 0 Å². The van der Waals surface area contributed by atoms with Gasteiger partial charge in [0.05, 0.1) is 0 Å². The number of hydrogen-bond donors (Lipinski definition) is 1. The van der Waals surface area contributed by atoms with Crippen LogP contribution < -0.4 is 5.73 Å². The number of nitrogen functional groups attached to an aromatic ring is 1. The molecule has 9 rings (SSSR count). The monoisotopic (exact) mass is 577 g/mol. The molecule has 8 aromatic carbocycles. The van der Waals surface area contributed by atoms with Gasteiger partial charge in [-0.25, -0.2) is 0 Å². The quantitative estimate of drug-likeness (QED) is 0.168. The van der Waals surface area contributed by atoms with Crippen LogP contribution in [-0.2, 0) is 6.42 Å². The number of anilines is 1. The molecule has 0 spiro atoms. The van der Waals surface area contributed by atoms with Crippen molar-refractivity contribution in [1.29, 1.82) is 0 Å². The number of furan rings is 1. The maximum atomic E-state index is 6.58. The van der Waals surface area contributed by atoms with Gasteiger partial charge in [-0.05, 0) is 68.2 Å². The summed E-state index contributed by atoms with van der Waals surface area (Å²) in [6.45, 7) is 0. The van der Waals surface area contributed by atoms with E-state index in [0.717, 1.165) is 50.6 Å². The predicted molar refractivity (Wildman–Crippen MR) is 192 cm³/mol. The highest BCUT2D eigenvalue weighted by Gasteiger charge is 2.20. The molecule has 0 radical (unpaired) electrons. The lowest BCUT2D eigenvalue weighted by Gasteiger charge is -2.14. The first-order valence-corrected chi connectivity index (χ1v) is 15.4. The third-order valence-electron chi connectivity index (χ3n) is 8.70. The van der Waals surface area contributed by atoms with Crippen molar-refractivity contribution in [3.63, 3.8) is 0 Å². The second-order valence-electron chi connectivity index (χ2n) is 11.5. The Hall–Kier alpha value is -5.86. The van der Waals surface area contributed by atoms with Gasteiger partial charge < -0.3 is 10.2 Å². The lowest BCUT2D eigenvalue weighted by atomic mass is 9.89. The van der Waals surface area contributed by atoms with Gasteiger partial charge in [-0.15, -0.1) is 0 Å². The van der Waals surface area contributed by atoms with Gasteiger partial charge in [0.25, 0.3) is 0 Å². The van der Waals surface area contributed by atoms with Gasteiger partial charge in [0.1, 0.15) is 11.2 Å². The molecule has 0 aliphatic carbocycles. The van der Waals surface area contributed by atoms with Crippen LogP contribution in [0.25, 0.3) is 65.4 Å². The molecule has 0 fully saturated rings. The molecule has 2 nitrogen and oxygen atoms in total. The van der Waals surface area contributed by atoms with E-state index in [2.05, 4.69) is 133 Å². The SMILES string of the molecule is Nc1ccccc1-c1cc2c3ccccc3c3ccccc3c2c2oc3ccccc3c12.c1ccc(Cc2ccccc2)cc1. The maximum absolute atomic E-state index is 6.58. The Morgan fingerprint density at radius 1 is 0.400 bits per heavy atom. The maximum Gasteiger partial charge on any atom is 0.144 e. The van der Waals surface area contributed by atoms with Crippen LogP contribution in [0.4, 0.5) is 5.69 Å². The molecule has 1 heterocycles. The van der Waals surface area contributed by atoms with E-state index >= 15 is 0 Å². The Morgan fingerprint density at radius 2 is 0.889 bits per heavy atom. The molecule has 214 valence electrons. The zero-order valence-corrected chi connectivity index (χ0v) is 24.8. The molecule has 0 unspecified atom stereocenters. The van der Waals surface area contributed by atoms with E-state index in [0.29, 0.717) is 0 Å². The van der Waals surface area contributed by atoms with E-state index in [1.807, 2.05) is 30.3 Å². The summed E-state index contributed by atoms with van der Waals surface area (Å²) in [6.07, 6.45) is 1.03. The Labute approximate surface area is 262 Å². The minimum absolute atomic E-state index is 0.767. The summed E-state index contributed by atoms with van der Waals surface area (Å²) in [5.41, 5.74) is 13.9. The molecule has 0 bridgehead atoms. The summed E-state index contributed by atoms with van der Waals surface area (Å²) in [6, 6.07) is 57.0. The molecule has 0 saturated carbocycles. The molecule has 45 heavy (non-hydrogen) atoms. The summed E-state index contributed by atoms with van der Waals surface area (Å²) in [5.74, 6) is 0. The van der Waals surface area contributed by atoms with E-state index in [-0.39, 0.29) is 0 Å². The Kier molecular flexibility index (Phi) is 6.73. The molecule has 2 N–H and O–H groups in total. The standard InChI is InChI=1S/C30H19NO.C13H12/c31-26-15-7-5-12-21(26)25-17-24-20-11-2-1-9-18(20)19-10-3-4-13-22(19)28(24)30-29(25)23-14-6-8-16-27(23)32-30;1-3-7-12(8-4-1)11-13-9-5-2-6-10-13/h1-17H,31H2;1-10H,11H2. The fourth-order valence-corrected chi connectivity index (χ4v) is 6.65. The van der Waals surface area contributed by atoms with Crippen molar-refractivity contribution in [1.82, 2.24) is 0 Å². The van der Waals surface area contributed by atoms with Crippen molar-refractivity contribution in [2.24, 2.45) is 0 Å². The average molecular weight is 578 g/mol.